The molecule has 5 heteroatoms. The average molecular weight is 524 g/mol. The Bertz CT molecular complexity index is 1470. The molecule has 1 aliphatic heterocycles. The van der Waals surface area contributed by atoms with E-state index >= 15 is 0 Å². The second kappa shape index (κ2) is 9.41. The summed E-state index contributed by atoms with van der Waals surface area (Å²) in [6.45, 7) is 12.3. The largest absolute Gasteiger partial charge is 0.507 e. The number of carbonyl (C=O) groups excluding carboxylic acids is 1. The van der Waals surface area contributed by atoms with E-state index in [2.05, 4.69) is 71.9 Å². The molecule has 1 aliphatic carbocycles. The monoisotopic (exact) mass is 523 g/mol. The molecule has 202 valence electrons. The number of fused-ring (bicyclic) bond motifs is 2. The number of allylic oxidation sites excluding steroid dienone is 1. The number of hydrogen-bond acceptors (Lipinski definition) is 3. The normalized spacial score (nSPS) is 18.7. The minimum atomic E-state index is -1.03. The van der Waals surface area contributed by atoms with Crippen molar-refractivity contribution in [3.8, 4) is 5.75 Å². The fourth-order valence-electron chi connectivity index (χ4n) is 6.18. The summed E-state index contributed by atoms with van der Waals surface area (Å²) in [5, 5.41) is 20.8. The Kier molecular flexibility index (Phi) is 6.45. The molecule has 5 rings (SSSR count). The Morgan fingerprint density at radius 3 is 2.00 bits per heavy atom. The first-order valence-corrected chi connectivity index (χ1v) is 13.6. The predicted molar refractivity (Wildman–Crippen MR) is 156 cm³/mol. The summed E-state index contributed by atoms with van der Waals surface area (Å²) in [6.07, 6.45) is 2.81. The van der Waals surface area contributed by atoms with Crippen LogP contribution >= 0.6 is 0 Å². The van der Waals surface area contributed by atoms with E-state index in [1.807, 2.05) is 36.4 Å². The molecule has 3 aromatic carbocycles. The molecule has 1 amide bonds. The highest BCUT2D eigenvalue weighted by Gasteiger charge is 2.46. The first-order chi connectivity index (χ1) is 18.3. The van der Waals surface area contributed by atoms with Crippen LogP contribution in [0.1, 0.15) is 86.8 Å². The molecular formula is C34H37NO4. The third kappa shape index (κ3) is 4.75. The Balaban J connectivity index is 1.63. The molecule has 3 aromatic rings. The minimum absolute atomic E-state index is 0.178. The van der Waals surface area contributed by atoms with Gasteiger partial charge in [0.2, 0.25) is 5.91 Å². The first-order valence-electron chi connectivity index (χ1n) is 13.6. The van der Waals surface area contributed by atoms with Crippen molar-refractivity contribution in [3.05, 3.63) is 99.6 Å². The number of carboxylic acids is 1. The lowest BCUT2D eigenvalue weighted by Gasteiger charge is -2.29. The molecule has 0 saturated carbocycles. The van der Waals surface area contributed by atoms with Gasteiger partial charge in [0.15, 0.2) is 0 Å². The standard InChI is InChI=1S/C34H37NO4/c1-33(2,3)25-16-20(17-26(31(25)38)34(4,5)6)15-22-18-21-11-7-8-12-23(21)29(22)30-24-13-9-10-14-27(24)35(32(30)39)19-28(36)37/h7-14,16-18,29-30,38H,15,19H2,1-6H3,(H,36,37). The van der Waals surface area contributed by atoms with Crippen molar-refractivity contribution in [2.24, 2.45) is 0 Å². The van der Waals surface area contributed by atoms with Gasteiger partial charge in [-0.25, -0.2) is 0 Å². The lowest BCUT2D eigenvalue weighted by Crippen LogP contribution is -2.35. The lowest BCUT2D eigenvalue weighted by atomic mass is 9.76. The molecule has 2 N–H and O–H groups in total. The van der Waals surface area contributed by atoms with Crippen molar-refractivity contribution in [3.63, 3.8) is 0 Å². The van der Waals surface area contributed by atoms with Crippen LogP contribution in [0.4, 0.5) is 5.69 Å². The van der Waals surface area contributed by atoms with E-state index in [4.69, 9.17) is 0 Å². The number of carbonyl (C=O) groups is 2. The van der Waals surface area contributed by atoms with E-state index in [9.17, 15) is 19.8 Å². The van der Waals surface area contributed by atoms with Crippen LogP contribution in [0.25, 0.3) is 6.08 Å². The van der Waals surface area contributed by atoms with Crippen LogP contribution in [0, 0.1) is 0 Å². The van der Waals surface area contributed by atoms with Crippen molar-refractivity contribution in [1.82, 2.24) is 0 Å². The molecular weight excluding hydrogens is 486 g/mol. The summed E-state index contributed by atoms with van der Waals surface area (Å²) in [5.41, 5.74) is 7.25. The lowest BCUT2D eigenvalue weighted by molar-refractivity contribution is -0.136. The van der Waals surface area contributed by atoms with Gasteiger partial charge in [-0.05, 0) is 56.7 Å². The van der Waals surface area contributed by atoms with Crippen LogP contribution < -0.4 is 4.90 Å². The maximum atomic E-state index is 13.9. The second-order valence-electron chi connectivity index (χ2n) is 12.9. The van der Waals surface area contributed by atoms with Gasteiger partial charge in [0.1, 0.15) is 12.3 Å². The Hall–Kier alpha value is -3.86. The molecule has 0 aromatic heterocycles. The Morgan fingerprint density at radius 2 is 1.41 bits per heavy atom. The number of amides is 1. The zero-order chi connectivity index (χ0) is 28.3. The minimum Gasteiger partial charge on any atom is -0.507 e. The highest BCUT2D eigenvalue weighted by molar-refractivity contribution is 6.08. The zero-order valence-corrected chi connectivity index (χ0v) is 23.6. The number of benzene rings is 3. The maximum Gasteiger partial charge on any atom is 0.323 e. The quantitative estimate of drug-likeness (QED) is 0.380. The van der Waals surface area contributed by atoms with Gasteiger partial charge in [0.05, 0.1) is 5.92 Å². The number of aliphatic carboxylic acids is 1. The van der Waals surface area contributed by atoms with E-state index in [-0.39, 0.29) is 29.2 Å². The van der Waals surface area contributed by atoms with Crippen LogP contribution in [-0.2, 0) is 26.8 Å². The summed E-state index contributed by atoms with van der Waals surface area (Å²) in [5.74, 6) is -1.57. The summed E-state index contributed by atoms with van der Waals surface area (Å²) in [7, 11) is 0. The van der Waals surface area contributed by atoms with Gasteiger partial charge in [0.25, 0.3) is 0 Å². The fraction of sp³-hybridized carbons (Fsp3) is 0.353. The molecule has 39 heavy (non-hydrogen) atoms. The van der Waals surface area contributed by atoms with Gasteiger partial charge in [-0.1, -0.05) is 108 Å². The third-order valence-electron chi connectivity index (χ3n) is 7.99. The number of hydrogen-bond donors (Lipinski definition) is 2. The molecule has 2 aliphatic rings. The van der Waals surface area contributed by atoms with Gasteiger partial charge in [0, 0.05) is 11.6 Å². The summed E-state index contributed by atoms with van der Waals surface area (Å²) >= 11 is 0. The number of phenols is 1. The summed E-state index contributed by atoms with van der Waals surface area (Å²) in [6, 6.07) is 19.9. The molecule has 5 nitrogen and oxygen atoms in total. The number of para-hydroxylation sites is 1. The van der Waals surface area contributed by atoms with E-state index in [1.165, 1.54) is 4.90 Å². The number of carboxylic acid groups (broad SMARTS) is 1. The van der Waals surface area contributed by atoms with Crippen LogP contribution in [-0.4, -0.2) is 28.6 Å². The fourth-order valence-corrected chi connectivity index (χ4v) is 6.18. The number of rotatable bonds is 5. The maximum absolute atomic E-state index is 13.9. The highest BCUT2D eigenvalue weighted by Crippen LogP contribution is 2.52. The molecule has 1 heterocycles. The van der Waals surface area contributed by atoms with E-state index in [1.54, 1.807) is 0 Å². The number of anilines is 1. The molecule has 2 unspecified atom stereocenters. The molecule has 2 atom stereocenters. The van der Waals surface area contributed by atoms with E-state index < -0.39 is 11.9 Å². The van der Waals surface area contributed by atoms with Gasteiger partial charge in [-0.3, -0.25) is 9.59 Å². The van der Waals surface area contributed by atoms with E-state index in [0.717, 1.165) is 39.0 Å². The Morgan fingerprint density at radius 1 is 0.846 bits per heavy atom. The smallest absolute Gasteiger partial charge is 0.323 e. The number of aromatic hydroxyl groups is 1. The molecule has 0 fully saturated rings. The third-order valence-corrected chi connectivity index (χ3v) is 7.99. The number of nitrogens with zero attached hydrogens (tertiary/aromatic N) is 1. The molecule has 0 bridgehead atoms. The van der Waals surface area contributed by atoms with Gasteiger partial charge in [-0.2, -0.15) is 0 Å². The Labute approximate surface area is 230 Å². The van der Waals surface area contributed by atoms with Gasteiger partial charge in [-0.15, -0.1) is 0 Å². The SMILES string of the molecule is CC(C)(C)c1cc(CC2=Cc3ccccc3C2C2C(=O)N(CC(=O)O)c3ccccc32)cc(C(C)(C)C)c1O. The van der Waals surface area contributed by atoms with Crippen molar-refractivity contribution in [1.29, 1.82) is 0 Å². The zero-order valence-electron chi connectivity index (χ0n) is 23.6. The van der Waals surface area contributed by atoms with Crippen molar-refractivity contribution >= 4 is 23.6 Å². The highest BCUT2D eigenvalue weighted by atomic mass is 16.4. The van der Waals surface area contributed by atoms with Crippen LogP contribution in [0.15, 0.2) is 66.2 Å². The van der Waals surface area contributed by atoms with Crippen molar-refractivity contribution in [2.75, 3.05) is 11.4 Å². The summed E-state index contributed by atoms with van der Waals surface area (Å²) in [4.78, 5) is 27.0. The molecule has 0 radical (unpaired) electrons. The van der Waals surface area contributed by atoms with Crippen LogP contribution in [0.2, 0.25) is 0 Å². The summed E-state index contributed by atoms with van der Waals surface area (Å²) < 4.78 is 0. The second-order valence-corrected chi connectivity index (χ2v) is 12.9. The molecule has 0 spiro atoms. The van der Waals surface area contributed by atoms with Crippen molar-refractivity contribution < 1.29 is 19.8 Å². The number of phenolic OH excluding ortho intramolecular Hbond substituents is 1. The molecule has 0 saturated heterocycles. The van der Waals surface area contributed by atoms with Gasteiger partial charge < -0.3 is 15.1 Å². The van der Waals surface area contributed by atoms with Crippen LogP contribution in [0.3, 0.4) is 0 Å². The van der Waals surface area contributed by atoms with E-state index in [0.29, 0.717) is 17.9 Å². The van der Waals surface area contributed by atoms with Gasteiger partial charge >= 0.3 is 5.97 Å². The van der Waals surface area contributed by atoms with Crippen LogP contribution in [0.5, 0.6) is 5.75 Å². The topological polar surface area (TPSA) is 77.8 Å². The average Bonchev–Trinajstić information content (AvgIpc) is 3.32. The van der Waals surface area contributed by atoms with Crippen molar-refractivity contribution in [2.45, 2.75) is 70.6 Å². The predicted octanol–water partition coefficient (Wildman–Crippen LogP) is 6.93. The first kappa shape index (κ1) is 26.7.